The second kappa shape index (κ2) is 8.34. The fourth-order valence-electron chi connectivity index (χ4n) is 2.95. The molecule has 4 aromatic rings. The number of rotatable bonds is 6. The van der Waals surface area contributed by atoms with Gasteiger partial charge in [-0.05, 0) is 35.4 Å². The molecule has 0 radical (unpaired) electrons. The lowest BCUT2D eigenvalue weighted by molar-refractivity contribution is -0.120. The van der Waals surface area contributed by atoms with Crippen molar-refractivity contribution in [1.82, 2.24) is 8.75 Å². The molecule has 1 aromatic heterocycles. The zero-order valence-electron chi connectivity index (χ0n) is 15.0. The fourth-order valence-corrected chi connectivity index (χ4v) is 3.52. The third-order valence-electron chi connectivity index (χ3n) is 4.29. The van der Waals surface area contributed by atoms with E-state index in [9.17, 15) is 18.0 Å². The van der Waals surface area contributed by atoms with Gasteiger partial charge in [0.15, 0.2) is 0 Å². The minimum Gasteiger partial charge on any atom is -0.429 e. The van der Waals surface area contributed by atoms with E-state index in [1.54, 1.807) is 24.3 Å². The highest BCUT2D eigenvalue weighted by molar-refractivity contribution is 7.00. The van der Waals surface area contributed by atoms with Crippen molar-refractivity contribution in [3.63, 3.8) is 0 Å². The Morgan fingerprint density at radius 3 is 1.73 bits per heavy atom. The predicted octanol–water partition coefficient (Wildman–Crippen LogP) is 5.97. The number of carbonyl (C=O) groups excluding carboxylic acids is 1. The molecule has 0 spiro atoms. The minimum atomic E-state index is -2.52. The van der Waals surface area contributed by atoms with Crippen LogP contribution in [-0.4, -0.2) is 15.2 Å². The van der Waals surface area contributed by atoms with Gasteiger partial charge in [-0.3, -0.25) is 4.79 Å². The maximum Gasteiger partial charge on any atom is 0.344 e. The molecule has 0 saturated carbocycles. The largest absolute Gasteiger partial charge is 0.429 e. The molecule has 9 heteroatoms. The first-order valence-corrected chi connectivity index (χ1v) is 9.25. The number of halogens is 3. The third kappa shape index (κ3) is 3.87. The lowest BCUT2D eigenvalue weighted by atomic mass is 9.98. The van der Waals surface area contributed by atoms with E-state index in [4.69, 9.17) is 4.74 Å². The maximum absolute atomic E-state index is 12.9. The number of hydrogen-bond acceptors (Lipinski definition) is 6. The number of carbonyl (C=O) groups is 1. The van der Waals surface area contributed by atoms with Gasteiger partial charge < -0.3 is 9.47 Å². The summed E-state index contributed by atoms with van der Waals surface area (Å²) >= 11 is 1.06. The molecule has 0 aliphatic rings. The molecule has 0 aliphatic heterocycles. The van der Waals surface area contributed by atoms with E-state index in [2.05, 4.69) is 13.5 Å². The van der Waals surface area contributed by atoms with Gasteiger partial charge in [0.2, 0.25) is 0 Å². The maximum atomic E-state index is 12.9. The van der Waals surface area contributed by atoms with Gasteiger partial charge in [-0.2, -0.15) is 21.9 Å². The minimum absolute atomic E-state index is 0.0500. The van der Waals surface area contributed by atoms with Crippen LogP contribution in [0.15, 0.2) is 72.8 Å². The normalized spacial score (nSPS) is 10.6. The Balaban J connectivity index is 1.69. The van der Waals surface area contributed by atoms with Crippen molar-refractivity contribution in [3.05, 3.63) is 72.8 Å². The van der Waals surface area contributed by atoms with Crippen molar-refractivity contribution < 1.29 is 27.4 Å². The first kappa shape index (κ1) is 19.6. The first-order valence-electron chi connectivity index (χ1n) is 8.52. The van der Waals surface area contributed by atoms with Gasteiger partial charge in [0.1, 0.15) is 22.5 Å². The Labute approximate surface area is 172 Å². The van der Waals surface area contributed by atoms with Gasteiger partial charge in [-0.1, -0.05) is 36.4 Å². The smallest absolute Gasteiger partial charge is 0.344 e. The topological polar surface area (TPSA) is 61.3 Å². The quantitative estimate of drug-likeness (QED) is 0.280. The van der Waals surface area contributed by atoms with Crippen LogP contribution >= 0.6 is 11.7 Å². The van der Waals surface area contributed by atoms with E-state index in [1.165, 1.54) is 12.1 Å². The van der Waals surface area contributed by atoms with E-state index in [-0.39, 0.29) is 5.75 Å². The summed E-state index contributed by atoms with van der Waals surface area (Å²) in [5.74, 6) is 0.380. The fraction of sp³-hybridized carbons (Fsp3) is 0. The molecule has 0 atom stereocenters. The molecule has 1 heterocycles. The van der Waals surface area contributed by atoms with Crippen molar-refractivity contribution in [2.24, 2.45) is 0 Å². The summed E-state index contributed by atoms with van der Waals surface area (Å²) in [6.45, 7) is 0.363. The van der Waals surface area contributed by atoms with Gasteiger partial charge >= 0.3 is 12.1 Å². The lowest BCUT2D eigenvalue weighted by Gasteiger charge is -2.08. The molecule has 0 fully saturated rings. The Kier molecular flexibility index (Phi) is 5.44. The number of ether oxygens (including phenoxy) is 2. The van der Waals surface area contributed by atoms with Gasteiger partial charge in [0.25, 0.3) is 6.47 Å². The summed E-state index contributed by atoms with van der Waals surface area (Å²) in [6.07, 6.45) is -2.52. The second-order valence-corrected chi connectivity index (χ2v) is 6.55. The second-order valence-electron chi connectivity index (χ2n) is 6.02. The number of fused-ring (bicyclic) bond motifs is 1. The molecule has 3 aromatic carbocycles. The van der Waals surface area contributed by atoms with Crippen LogP contribution in [0.4, 0.5) is 13.2 Å². The van der Waals surface area contributed by atoms with Gasteiger partial charge in [0, 0.05) is 11.1 Å². The van der Waals surface area contributed by atoms with Crippen LogP contribution in [0.1, 0.15) is 0 Å². The molecule has 30 heavy (non-hydrogen) atoms. The Morgan fingerprint density at radius 1 is 0.767 bits per heavy atom. The predicted molar refractivity (Wildman–Crippen MR) is 106 cm³/mol. The highest BCUT2D eigenvalue weighted by Crippen LogP contribution is 2.35. The Hall–Kier alpha value is -3.72. The molecular weight excluding hydrogens is 417 g/mol. The lowest BCUT2D eigenvalue weighted by Crippen LogP contribution is -1.91. The number of aromatic nitrogens is 2. The summed E-state index contributed by atoms with van der Waals surface area (Å²) in [5, 5.41) is 0. The number of nitrogens with zero attached hydrogens (tertiary/aromatic N) is 2. The average Bonchev–Trinajstić information content (AvgIpc) is 3.24. The summed E-state index contributed by atoms with van der Waals surface area (Å²) in [6, 6.07) is 14.8. The number of benzene rings is 3. The molecule has 0 N–H and O–H groups in total. The highest BCUT2D eigenvalue weighted by Gasteiger charge is 2.14. The monoisotopic (exact) mass is 428 g/mol. The van der Waals surface area contributed by atoms with Crippen LogP contribution in [0.5, 0.6) is 11.5 Å². The van der Waals surface area contributed by atoms with E-state index in [0.717, 1.165) is 34.0 Å². The first-order chi connectivity index (χ1) is 14.6. The van der Waals surface area contributed by atoms with Crippen molar-refractivity contribution in [2.75, 3.05) is 0 Å². The van der Waals surface area contributed by atoms with Crippen molar-refractivity contribution in [1.29, 1.82) is 0 Å². The van der Waals surface area contributed by atoms with E-state index >= 15 is 0 Å². The zero-order valence-corrected chi connectivity index (χ0v) is 15.8. The molecule has 150 valence electrons. The van der Waals surface area contributed by atoms with Crippen molar-refractivity contribution >= 4 is 29.2 Å². The van der Waals surface area contributed by atoms with Crippen LogP contribution in [0, 0.1) is 0 Å². The van der Waals surface area contributed by atoms with E-state index in [0.29, 0.717) is 23.3 Å². The Morgan fingerprint density at radius 2 is 1.27 bits per heavy atom. The van der Waals surface area contributed by atoms with Crippen molar-refractivity contribution in [3.8, 4) is 33.8 Å². The average molecular weight is 428 g/mol. The van der Waals surface area contributed by atoms with Crippen LogP contribution < -0.4 is 9.47 Å². The molecule has 4 rings (SSSR count). The molecule has 0 aliphatic carbocycles. The van der Waals surface area contributed by atoms with Crippen LogP contribution in [0.2, 0.25) is 0 Å². The standard InChI is InChI=1S/C21H11F3N2O3S/c22-20(23)21(24)29-15-7-3-13(4-8-15)17-10-9-16(18-19(17)26-30-25-18)12-1-5-14(6-2-12)28-11-27/h1-11H. The zero-order chi connectivity index (χ0) is 21.1. The molecule has 0 bridgehead atoms. The third-order valence-corrected chi connectivity index (χ3v) is 4.81. The van der Waals surface area contributed by atoms with Gasteiger partial charge in [-0.25, -0.2) is 0 Å². The van der Waals surface area contributed by atoms with Crippen molar-refractivity contribution in [2.45, 2.75) is 0 Å². The molecule has 0 saturated heterocycles. The van der Waals surface area contributed by atoms with Gasteiger partial charge in [0.05, 0.1) is 11.7 Å². The Bertz CT molecular complexity index is 1230. The van der Waals surface area contributed by atoms with Crippen LogP contribution in [-0.2, 0) is 4.79 Å². The summed E-state index contributed by atoms with van der Waals surface area (Å²) in [7, 11) is 0. The number of hydrogen-bond donors (Lipinski definition) is 0. The van der Waals surface area contributed by atoms with Gasteiger partial charge in [-0.15, -0.1) is 0 Å². The summed E-state index contributed by atoms with van der Waals surface area (Å²) in [4.78, 5) is 10.4. The van der Waals surface area contributed by atoms with Crippen LogP contribution in [0.25, 0.3) is 33.3 Å². The molecule has 0 unspecified atom stereocenters. The van der Waals surface area contributed by atoms with E-state index in [1.807, 2.05) is 24.3 Å². The van der Waals surface area contributed by atoms with Crippen LogP contribution in [0.3, 0.4) is 0 Å². The molecular formula is C21H11F3N2O3S. The summed E-state index contributed by atoms with van der Waals surface area (Å²) < 4.78 is 55.3. The SMILES string of the molecule is O=COc1ccc(-c2ccc(-c3ccc(OC(F)=C(F)F)cc3)c3nsnc23)cc1. The molecule has 0 amide bonds. The molecule has 5 nitrogen and oxygen atoms in total. The van der Waals surface area contributed by atoms with E-state index < -0.39 is 12.1 Å². The summed E-state index contributed by atoms with van der Waals surface area (Å²) in [5.41, 5.74) is 4.60. The highest BCUT2D eigenvalue weighted by atomic mass is 32.1.